The van der Waals surface area contributed by atoms with Gasteiger partial charge >= 0.3 is 12.1 Å². The number of amides is 2. The van der Waals surface area contributed by atoms with E-state index in [4.69, 9.17) is 24.2 Å². The number of alkyl halides is 1. The maximum Gasteiger partial charge on any atom is 0.412 e. The molecule has 2 fully saturated rings. The Morgan fingerprint density at radius 2 is 1.91 bits per heavy atom. The van der Waals surface area contributed by atoms with Crippen molar-refractivity contribution in [3.8, 4) is 6.01 Å². The Hall–Kier alpha value is -4.30. The van der Waals surface area contributed by atoms with E-state index in [0.29, 0.717) is 57.0 Å². The number of rotatable bonds is 6. The number of nitrogens with one attached hydrogen (secondary N) is 1. The van der Waals surface area contributed by atoms with Crippen LogP contribution in [-0.4, -0.2) is 99.2 Å². The molecule has 1 N–H and O–H groups in total. The van der Waals surface area contributed by atoms with Gasteiger partial charge in [0.05, 0.1) is 30.1 Å². The zero-order valence-electron chi connectivity index (χ0n) is 32.6. The van der Waals surface area contributed by atoms with Crippen LogP contribution in [0, 0.1) is 5.41 Å². The Bertz CT molecular complexity index is 1980. The summed E-state index contributed by atoms with van der Waals surface area (Å²) in [6.45, 7) is 13.8. The lowest BCUT2D eigenvalue weighted by atomic mass is 9.71. The molecule has 0 radical (unpaired) electrons. The number of hydrogen-bond acceptors (Lipinski definition) is 10. The van der Waals surface area contributed by atoms with Gasteiger partial charge in [-0.25, -0.2) is 9.18 Å². The minimum Gasteiger partial charge on any atom is -0.461 e. The van der Waals surface area contributed by atoms with Crippen molar-refractivity contribution in [3.05, 3.63) is 58.0 Å². The molecule has 13 nitrogen and oxygen atoms in total. The van der Waals surface area contributed by atoms with E-state index in [9.17, 15) is 14.0 Å². The summed E-state index contributed by atoms with van der Waals surface area (Å²) in [5.74, 6) is 0.606. The topological polar surface area (TPSA) is 127 Å². The summed E-state index contributed by atoms with van der Waals surface area (Å²) >= 11 is 0. The molecule has 8 rings (SSSR count). The van der Waals surface area contributed by atoms with Crippen LogP contribution in [0.2, 0.25) is 0 Å². The highest BCUT2D eigenvalue weighted by Gasteiger charge is 2.56. The van der Waals surface area contributed by atoms with Crippen molar-refractivity contribution in [1.82, 2.24) is 29.5 Å². The summed E-state index contributed by atoms with van der Waals surface area (Å²) in [6, 6.07) is 8.15. The van der Waals surface area contributed by atoms with Gasteiger partial charge < -0.3 is 24.0 Å². The molecule has 2 saturated heterocycles. The van der Waals surface area contributed by atoms with Gasteiger partial charge in [-0.15, -0.1) is 0 Å². The number of halogens is 1. The lowest BCUT2D eigenvalue weighted by molar-refractivity contribution is -0.139. The normalized spacial score (nSPS) is 25.8. The molecule has 0 saturated carbocycles. The van der Waals surface area contributed by atoms with Gasteiger partial charge in [-0.05, 0) is 82.3 Å². The number of hydrogen-bond donors (Lipinski definition) is 1. The Morgan fingerprint density at radius 3 is 2.69 bits per heavy atom. The predicted octanol–water partition coefficient (Wildman–Crippen LogP) is 5.64. The fourth-order valence-corrected chi connectivity index (χ4v) is 9.42. The van der Waals surface area contributed by atoms with Gasteiger partial charge in [0.25, 0.3) is 5.91 Å². The second-order valence-corrected chi connectivity index (χ2v) is 17.7. The van der Waals surface area contributed by atoms with Crippen molar-refractivity contribution in [2.45, 2.75) is 116 Å². The average Bonchev–Trinajstić information content (AvgIpc) is 3.77. The molecule has 1 aliphatic carbocycles. The van der Waals surface area contributed by atoms with E-state index in [1.54, 1.807) is 14.1 Å². The van der Waals surface area contributed by atoms with E-state index in [2.05, 4.69) is 40.1 Å². The standard InChI is InChI=1S/C40H53FN8O5/c1-37(2,3)54-36(51)42-27-11-10-25-18-38(4,5)40(30(25)16-27)20-32-29(23-53-40)33(44-35(43-32)52-24-39-12-8-14-48(39)21-26(41)19-39)47-13-9-15-49-28(22-47)17-31(45-49)34(50)46(6)7/h10-11,16-17,26H,8-9,12-15,18-24H2,1-7H3,(H,42,51)/t26-,39+,40?/m1/s1. The van der Waals surface area contributed by atoms with Crippen LogP contribution in [0.4, 0.5) is 20.7 Å². The van der Waals surface area contributed by atoms with Crippen LogP contribution in [0.3, 0.4) is 0 Å². The highest BCUT2D eigenvalue weighted by Crippen LogP contribution is 2.57. The first-order valence-electron chi connectivity index (χ1n) is 19.3. The van der Waals surface area contributed by atoms with Gasteiger partial charge in [-0.2, -0.15) is 15.1 Å². The summed E-state index contributed by atoms with van der Waals surface area (Å²) in [6.07, 6.45) is 3.05. The van der Waals surface area contributed by atoms with Crippen molar-refractivity contribution >= 4 is 23.5 Å². The predicted molar refractivity (Wildman–Crippen MR) is 200 cm³/mol. The lowest BCUT2D eigenvalue weighted by Crippen LogP contribution is -2.46. The fourth-order valence-electron chi connectivity index (χ4n) is 9.42. The van der Waals surface area contributed by atoms with Crippen molar-refractivity contribution < 1.29 is 28.2 Å². The molecule has 290 valence electrons. The number of carbonyl (C=O) groups is 2. The van der Waals surface area contributed by atoms with Crippen LogP contribution in [0.5, 0.6) is 6.01 Å². The molecule has 2 aromatic heterocycles. The molecule has 54 heavy (non-hydrogen) atoms. The number of anilines is 2. The number of aryl methyl sites for hydroxylation is 1. The Morgan fingerprint density at radius 1 is 1.09 bits per heavy atom. The molecular formula is C40H53FN8O5. The lowest BCUT2D eigenvalue weighted by Gasteiger charge is -2.45. The molecule has 6 heterocycles. The summed E-state index contributed by atoms with van der Waals surface area (Å²) in [4.78, 5) is 41.8. The van der Waals surface area contributed by atoms with E-state index in [1.807, 2.05) is 43.7 Å². The van der Waals surface area contributed by atoms with E-state index >= 15 is 0 Å². The zero-order valence-corrected chi connectivity index (χ0v) is 32.6. The first-order chi connectivity index (χ1) is 25.5. The van der Waals surface area contributed by atoms with Crippen molar-refractivity contribution in [2.24, 2.45) is 5.41 Å². The second-order valence-electron chi connectivity index (χ2n) is 17.7. The molecule has 1 aromatic carbocycles. The monoisotopic (exact) mass is 744 g/mol. The third kappa shape index (κ3) is 6.48. The van der Waals surface area contributed by atoms with Gasteiger partial charge in [0.15, 0.2) is 5.69 Å². The maximum atomic E-state index is 14.7. The Labute approximate surface area is 316 Å². The number of fused-ring (bicyclic) bond motifs is 5. The van der Waals surface area contributed by atoms with Crippen LogP contribution in [-0.2, 0) is 47.6 Å². The SMILES string of the molecule is CN(C)C(=O)c1cc2n(n1)CCCN(c1nc(OC[C@@]34CCCN3C[C@H](F)C4)nc3c1COC1(C3)c3cc(NC(=O)OC(C)(C)C)ccc3CC1(C)C)C2. The molecule has 1 spiro atoms. The van der Waals surface area contributed by atoms with Crippen LogP contribution in [0.25, 0.3) is 0 Å². The molecule has 1 unspecified atom stereocenters. The van der Waals surface area contributed by atoms with E-state index in [0.717, 1.165) is 66.1 Å². The summed E-state index contributed by atoms with van der Waals surface area (Å²) < 4.78 is 35.8. The van der Waals surface area contributed by atoms with Crippen LogP contribution in [0.15, 0.2) is 24.3 Å². The highest BCUT2D eigenvalue weighted by molar-refractivity contribution is 5.92. The third-order valence-corrected chi connectivity index (χ3v) is 12.0. The third-order valence-electron chi connectivity index (χ3n) is 12.0. The number of carbonyl (C=O) groups excluding carboxylic acids is 2. The van der Waals surface area contributed by atoms with Crippen LogP contribution < -0.4 is 15.0 Å². The number of benzene rings is 1. The van der Waals surface area contributed by atoms with Crippen molar-refractivity contribution in [3.63, 3.8) is 0 Å². The van der Waals surface area contributed by atoms with Gasteiger partial charge in [-0.3, -0.25) is 19.7 Å². The summed E-state index contributed by atoms with van der Waals surface area (Å²) in [5, 5.41) is 7.57. The molecule has 3 atom stereocenters. The molecule has 2 amide bonds. The minimum absolute atomic E-state index is 0.136. The molecular weight excluding hydrogens is 691 g/mol. The summed E-state index contributed by atoms with van der Waals surface area (Å²) in [7, 11) is 3.46. The molecule has 0 bridgehead atoms. The van der Waals surface area contributed by atoms with E-state index < -0.39 is 23.5 Å². The largest absolute Gasteiger partial charge is 0.461 e. The Balaban J connectivity index is 1.16. The Kier molecular flexibility index (Phi) is 8.95. The summed E-state index contributed by atoms with van der Waals surface area (Å²) in [5.41, 5.74) is 3.90. The number of nitrogens with zero attached hydrogens (tertiary/aromatic N) is 7. The van der Waals surface area contributed by atoms with Gasteiger partial charge in [0.2, 0.25) is 0 Å². The molecule has 5 aliphatic rings. The number of ether oxygens (including phenoxy) is 3. The molecule has 3 aromatic rings. The van der Waals surface area contributed by atoms with Gasteiger partial charge in [-0.1, -0.05) is 19.9 Å². The van der Waals surface area contributed by atoms with Gasteiger partial charge in [0.1, 0.15) is 29.8 Å². The van der Waals surface area contributed by atoms with Crippen LogP contribution in [0.1, 0.15) is 98.9 Å². The second kappa shape index (κ2) is 13.2. The highest BCUT2D eigenvalue weighted by atomic mass is 19.1. The fraction of sp³-hybridized carbons (Fsp3) is 0.625. The van der Waals surface area contributed by atoms with Crippen LogP contribution >= 0.6 is 0 Å². The first kappa shape index (κ1) is 36.7. The smallest absolute Gasteiger partial charge is 0.412 e. The van der Waals surface area contributed by atoms with Crippen molar-refractivity contribution in [2.75, 3.05) is 50.6 Å². The van der Waals surface area contributed by atoms with Crippen molar-refractivity contribution in [1.29, 1.82) is 0 Å². The number of aromatic nitrogens is 4. The average molecular weight is 745 g/mol. The molecule has 14 heteroatoms. The zero-order chi connectivity index (χ0) is 38.2. The maximum absolute atomic E-state index is 14.7. The first-order valence-corrected chi connectivity index (χ1v) is 19.3. The quantitative estimate of drug-likeness (QED) is 0.339. The molecule has 4 aliphatic heterocycles. The van der Waals surface area contributed by atoms with E-state index in [1.165, 1.54) is 4.90 Å². The van der Waals surface area contributed by atoms with E-state index in [-0.39, 0.29) is 29.5 Å². The minimum atomic E-state index is -0.864. The van der Waals surface area contributed by atoms with Gasteiger partial charge in [0, 0.05) is 63.2 Å².